The van der Waals surface area contributed by atoms with Crippen LogP contribution < -0.4 is 10.5 Å². The van der Waals surface area contributed by atoms with Gasteiger partial charge in [-0.15, -0.1) is 0 Å². The highest BCUT2D eigenvalue weighted by Gasteiger charge is 2.06. The lowest BCUT2D eigenvalue weighted by molar-refractivity contribution is 0.302. The molecule has 0 atom stereocenters. The van der Waals surface area contributed by atoms with E-state index in [0.29, 0.717) is 16.9 Å². The van der Waals surface area contributed by atoms with Gasteiger partial charge in [-0.05, 0) is 36.2 Å². The van der Waals surface area contributed by atoms with Crippen LogP contribution in [-0.4, -0.2) is 4.99 Å². The van der Waals surface area contributed by atoms with Crippen LogP contribution in [0.4, 0.5) is 8.78 Å². The normalized spacial score (nSPS) is 10.3. The third-order valence-corrected chi connectivity index (χ3v) is 3.03. The molecular formula is C15H13F2NOS. The lowest BCUT2D eigenvalue weighted by Crippen LogP contribution is -2.09. The first-order chi connectivity index (χ1) is 9.45. The molecule has 0 aliphatic rings. The lowest BCUT2D eigenvalue weighted by Gasteiger charge is -2.11. The van der Waals surface area contributed by atoms with Crippen molar-refractivity contribution in [1.29, 1.82) is 0 Å². The maximum atomic E-state index is 13.1. The van der Waals surface area contributed by atoms with Crippen LogP contribution in [0.1, 0.15) is 16.7 Å². The molecular weight excluding hydrogens is 280 g/mol. The summed E-state index contributed by atoms with van der Waals surface area (Å²) in [5.41, 5.74) is 7.55. The molecule has 2 aromatic rings. The van der Waals surface area contributed by atoms with Gasteiger partial charge in [0.25, 0.3) is 0 Å². The third kappa shape index (κ3) is 3.51. The van der Waals surface area contributed by atoms with Crippen LogP contribution in [0.15, 0.2) is 36.4 Å². The van der Waals surface area contributed by atoms with Crippen molar-refractivity contribution in [2.24, 2.45) is 5.73 Å². The zero-order valence-electron chi connectivity index (χ0n) is 10.8. The highest BCUT2D eigenvalue weighted by atomic mass is 32.1. The van der Waals surface area contributed by atoms with E-state index in [9.17, 15) is 8.78 Å². The van der Waals surface area contributed by atoms with Gasteiger partial charge in [0.2, 0.25) is 0 Å². The topological polar surface area (TPSA) is 35.2 Å². The number of benzene rings is 2. The first-order valence-corrected chi connectivity index (χ1v) is 6.35. The van der Waals surface area contributed by atoms with Gasteiger partial charge in [-0.1, -0.05) is 24.4 Å². The Bertz CT molecular complexity index is 638. The van der Waals surface area contributed by atoms with Crippen LogP contribution in [0.25, 0.3) is 0 Å². The van der Waals surface area contributed by atoms with Crippen LogP contribution in [-0.2, 0) is 6.61 Å². The molecule has 0 spiro atoms. The van der Waals surface area contributed by atoms with Crippen LogP contribution in [0, 0.1) is 18.6 Å². The van der Waals surface area contributed by atoms with Crippen molar-refractivity contribution in [3.05, 3.63) is 64.7 Å². The smallest absolute Gasteiger partial charge is 0.126 e. The van der Waals surface area contributed by atoms with Crippen molar-refractivity contribution in [2.75, 3.05) is 0 Å². The maximum absolute atomic E-state index is 13.1. The lowest BCUT2D eigenvalue weighted by atomic mass is 10.1. The Morgan fingerprint density at radius 1 is 1.15 bits per heavy atom. The fourth-order valence-corrected chi connectivity index (χ4v) is 1.89. The molecule has 0 aliphatic carbocycles. The molecule has 0 saturated heterocycles. The number of ether oxygens (including phenoxy) is 1. The van der Waals surface area contributed by atoms with Gasteiger partial charge in [0.1, 0.15) is 29.0 Å². The third-order valence-electron chi connectivity index (χ3n) is 2.79. The predicted molar refractivity (Wildman–Crippen MR) is 77.8 cm³/mol. The molecule has 0 radical (unpaired) electrons. The standard InChI is InChI=1S/C15H13F2NOS/c1-9-2-3-11(15(18)20)6-14(9)19-8-10-4-12(16)7-13(17)5-10/h2-7H,8H2,1H3,(H2,18,20). The number of rotatable bonds is 4. The maximum Gasteiger partial charge on any atom is 0.126 e. The molecule has 0 saturated carbocycles. The predicted octanol–water partition coefficient (Wildman–Crippen LogP) is 3.49. The molecule has 0 unspecified atom stereocenters. The van der Waals surface area contributed by atoms with Gasteiger partial charge in [0, 0.05) is 11.6 Å². The van der Waals surface area contributed by atoms with Crippen molar-refractivity contribution in [3.8, 4) is 5.75 Å². The van der Waals surface area contributed by atoms with Crippen LogP contribution in [0.2, 0.25) is 0 Å². The Morgan fingerprint density at radius 3 is 2.40 bits per heavy atom. The minimum Gasteiger partial charge on any atom is -0.489 e. The largest absolute Gasteiger partial charge is 0.489 e. The second kappa shape index (κ2) is 5.96. The Balaban J connectivity index is 2.18. The molecule has 0 fully saturated rings. The Labute approximate surface area is 121 Å². The average molecular weight is 293 g/mol. The number of nitrogens with two attached hydrogens (primary N) is 1. The summed E-state index contributed by atoms with van der Waals surface area (Å²) in [5, 5.41) is 0. The summed E-state index contributed by atoms with van der Waals surface area (Å²) < 4.78 is 31.7. The minimum atomic E-state index is -0.628. The highest BCUT2D eigenvalue weighted by molar-refractivity contribution is 7.80. The van der Waals surface area contributed by atoms with E-state index in [0.717, 1.165) is 11.6 Å². The molecule has 0 bridgehead atoms. The van der Waals surface area contributed by atoms with Gasteiger partial charge in [-0.25, -0.2) is 8.78 Å². The number of thiocarbonyl (C=S) groups is 1. The van der Waals surface area contributed by atoms with E-state index in [1.54, 1.807) is 12.1 Å². The fraction of sp³-hybridized carbons (Fsp3) is 0.133. The Morgan fingerprint density at radius 2 is 1.80 bits per heavy atom. The van der Waals surface area contributed by atoms with E-state index in [4.69, 9.17) is 22.7 Å². The molecule has 2 N–H and O–H groups in total. The molecule has 0 amide bonds. The van der Waals surface area contributed by atoms with Gasteiger partial charge >= 0.3 is 0 Å². The van der Waals surface area contributed by atoms with Gasteiger partial charge in [-0.3, -0.25) is 0 Å². The first kappa shape index (κ1) is 14.4. The summed E-state index contributed by atoms with van der Waals surface area (Å²) >= 11 is 4.90. The van der Waals surface area contributed by atoms with E-state index in [1.165, 1.54) is 12.1 Å². The molecule has 0 aromatic heterocycles. The van der Waals surface area contributed by atoms with Crippen molar-refractivity contribution < 1.29 is 13.5 Å². The number of aryl methyl sites for hydroxylation is 1. The van der Waals surface area contributed by atoms with Crippen LogP contribution in [0.3, 0.4) is 0 Å². The number of halogens is 2. The monoisotopic (exact) mass is 293 g/mol. The molecule has 0 heterocycles. The molecule has 2 rings (SSSR count). The summed E-state index contributed by atoms with van der Waals surface area (Å²) in [6.07, 6.45) is 0. The quantitative estimate of drug-likeness (QED) is 0.877. The molecule has 2 aromatic carbocycles. The van der Waals surface area contributed by atoms with Crippen LogP contribution in [0.5, 0.6) is 5.75 Å². The minimum absolute atomic E-state index is 0.0658. The van der Waals surface area contributed by atoms with E-state index in [-0.39, 0.29) is 11.6 Å². The number of hydrogen-bond acceptors (Lipinski definition) is 2. The number of hydrogen-bond donors (Lipinski definition) is 1. The van der Waals surface area contributed by atoms with E-state index >= 15 is 0 Å². The summed E-state index contributed by atoms with van der Waals surface area (Å²) in [5.74, 6) is -0.672. The van der Waals surface area contributed by atoms with Crippen molar-refractivity contribution in [1.82, 2.24) is 0 Å². The Hall–Kier alpha value is -2.01. The zero-order valence-corrected chi connectivity index (χ0v) is 11.6. The van der Waals surface area contributed by atoms with Gasteiger partial charge in [-0.2, -0.15) is 0 Å². The zero-order chi connectivity index (χ0) is 14.7. The fourth-order valence-electron chi connectivity index (χ4n) is 1.76. The van der Waals surface area contributed by atoms with Gasteiger partial charge < -0.3 is 10.5 Å². The summed E-state index contributed by atoms with van der Waals surface area (Å²) in [4.78, 5) is 0.270. The van der Waals surface area contributed by atoms with Gasteiger partial charge in [0.05, 0.1) is 0 Å². The van der Waals surface area contributed by atoms with Gasteiger partial charge in [0.15, 0.2) is 0 Å². The van der Waals surface area contributed by atoms with E-state index in [1.807, 2.05) is 13.0 Å². The van der Waals surface area contributed by atoms with E-state index in [2.05, 4.69) is 0 Å². The van der Waals surface area contributed by atoms with Crippen molar-refractivity contribution >= 4 is 17.2 Å². The molecule has 20 heavy (non-hydrogen) atoms. The molecule has 5 heteroatoms. The average Bonchev–Trinajstić information content (AvgIpc) is 2.36. The summed E-state index contributed by atoms with van der Waals surface area (Å²) in [7, 11) is 0. The van der Waals surface area contributed by atoms with Crippen LogP contribution >= 0.6 is 12.2 Å². The van der Waals surface area contributed by atoms with Crippen molar-refractivity contribution in [2.45, 2.75) is 13.5 Å². The second-order valence-electron chi connectivity index (χ2n) is 4.41. The summed E-state index contributed by atoms with van der Waals surface area (Å²) in [6, 6.07) is 8.63. The molecule has 0 aliphatic heterocycles. The summed E-state index contributed by atoms with van der Waals surface area (Å²) in [6.45, 7) is 1.93. The SMILES string of the molecule is Cc1ccc(C(N)=S)cc1OCc1cc(F)cc(F)c1. The first-order valence-electron chi connectivity index (χ1n) is 5.94. The second-order valence-corrected chi connectivity index (χ2v) is 4.85. The molecule has 104 valence electrons. The molecule has 2 nitrogen and oxygen atoms in total. The van der Waals surface area contributed by atoms with E-state index < -0.39 is 11.6 Å². The highest BCUT2D eigenvalue weighted by Crippen LogP contribution is 2.21. The Kier molecular flexibility index (Phi) is 4.29. The van der Waals surface area contributed by atoms with Crippen molar-refractivity contribution in [3.63, 3.8) is 0 Å².